The summed E-state index contributed by atoms with van der Waals surface area (Å²) in [5.74, 6) is 0.110. The number of nitrogens with zero attached hydrogens (tertiary/aromatic N) is 3. The zero-order valence-corrected chi connectivity index (χ0v) is 12.5. The Kier molecular flexibility index (Phi) is 5.10. The SMILES string of the molecule is C=CCn1c(SCC(=O)NCC)nc2ncccc2c1=O. The molecule has 6 nitrogen and oxygen atoms in total. The lowest BCUT2D eigenvalue weighted by atomic mass is 10.3. The number of thioether (sulfide) groups is 1. The van der Waals surface area contributed by atoms with E-state index >= 15 is 0 Å². The number of hydrogen-bond acceptors (Lipinski definition) is 5. The molecule has 1 N–H and O–H groups in total. The first kappa shape index (κ1) is 15.2. The van der Waals surface area contributed by atoms with E-state index in [0.717, 1.165) is 0 Å². The van der Waals surface area contributed by atoms with Gasteiger partial charge in [0.2, 0.25) is 5.91 Å². The van der Waals surface area contributed by atoms with Gasteiger partial charge in [0.1, 0.15) is 0 Å². The Hall–Kier alpha value is -2.15. The zero-order valence-electron chi connectivity index (χ0n) is 11.7. The van der Waals surface area contributed by atoms with Crippen molar-refractivity contribution >= 4 is 28.7 Å². The number of carbonyl (C=O) groups excluding carboxylic acids is 1. The van der Waals surface area contributed by atoms with Gasteiger partial charge in [0.15, 0.2) is 10.8 Å². The Morgan fingerprint density at radius 2 is 2.38 bits per heavy atom. The van der Waals surface area contributed by atoms with Crippen molar-refractivity contribution in [2.24, 2.45) is 0 Å². The van der Waals surface area contributed by atoms with Gasteiger partial charge in [-0.1, -0.05) is 17.8 Å². The number of rotatable bonds is 6. The predicted molar refractivity (Wildman–Crippen MR) is 83.4 cm³/mol. The molecule has 2 aromatic heterocycles. The predicted octanol–water partition coefficient (Wildman–Crippen LogP) is 1.21. The fourth-order valence-electron chi connectivity index (χ4n) is 1.81. The van der Waals surface area contributed by atoms with Crippen LogP contribution in [0.4, 0.5) is 0 Å². The van der Waals surface area contributed by atoms with Crippen LogP contribution in [0.2, 0.25) is 0 Å². The van der Waals surface area contributed by atoms with Crippen LogP contribution in [0.3, 0.4) is 0 Å². The maximum Gasteiger partial charge on any atom is 0.263 e. The van der Waals surface area contributed by atoms with Crippen LogP contribution < -0.4 is 10.9 Å². The van der Waals surface area contributed by atoms with Gasteiger partial charge < -0.3 is 5.32 Å². The summed E-state index contributed by atoms with van der Waals surface area (Å²) in [5, 5.41) is 3.64. The van der Waals surface area contributed by atoms with E-state index in [2.05, 4.69) is 21.9 Å². The molecule has 0 aliphatic heterocycles. The summed E-state index contributed by atoms with van der Waals surface area (Å²) in [7, 11) is 0. The molecule has 7 heteroatoms. The van der Waals surface area contributed by atoms with Crippen LogP contribution in [0.5, 0.6) is 0 Å². The highest BCUT2D eigenvalue weighted by molar-refractivity contribution is 7.99. The summed E-state index contributed by atoms with van der Waals surface area (Å²) in [6, 6.07) is 3.39. The van der Waals surface area contributed by atoms with Crippen LogP contribution in [-0.4, -0.2) is 32.7 Å². The Balaban J connectivity index is 2.40. The molecule has 0 atom stereocenters. The fourth-order valence-corrected chi connectivity index (χ4v) is 2.64. The molecule has 0 saturated carbocycles. The van der Waals surface area contributed by atoms with Gasteiger partial charge in [-0.3, -0.25) is 14.2 Å². The molecule has 0 unspecified atom stereocenters. The van der Waals surface area contributed by atoms with Crippen LogP contribution in [0.25, 0.3) is 11.0 Å². The van der Waals surface area contributed by atoms with Crippen molar-refractivity contribution in [3.63, 3.8) is 0 Å². The third-order valence-corrected chi connectivity index (χ3v) is 3.69. The van der Waals surface area contributed by atoms with E-state index in [1.54, 1.807) is 24.4 Å². The van der Waals surface area contributed by atoms with Gasteiger partial charge in [0.25, 0.3) is 5.56 Å². The van der Waals surface area contributed by atoms with Crippen LogP contribution in [-0.2, 0) is 11.3 Å². The molecule has 0 aliphatic rings. The summed E-state index contributed by atoms with van der Waals surface area (Å²) in [6.07, 6.45) is 3.21. The minimum atomic E-state index is -0.175. The quantitative estimate of drug-likeness (QED) is 0.493. The van der Waals surface area contributed by atoms with Crippen LogP contribution >= 0.6 is 11.8 Å². The average molecular weight is 304 g/mol. The van der Waals surface area contributed by atoms with Crippen LogP contribution in [0.1, 0.15) is 6.92 Å². The van der Waals surface area contributed by atoms with Crippen molar-refractivity contribution in [3.8, 4) is 0 Å². The van der Waals surface area contributed by atoms with Crippen LogP contribution in [0, 0.1) is 0 Å². The number of allylic oxidation sites excluding steroid dienone is 1. The number of nitrogens with one attached hydrogen (secondary N) is 1. The van der Waals surface area contributed by atoms with E-state index in [4.69, 9.17) is 0 Å². The minimum absolute atomic E-state index is 0.0944. The second-order valence-corrected chi connectivity index (χ2v) is 5.16. The minimum Gasteiger partial charge on any atom is -0.356 e. The van der Waals surface area contributed by atoms with Gasteiger partial charge in [-0.25, -0.2) is 9.97 Å². The Morgan fingerprint density at radius 1 is 1.57 bits per heavy atom. The van der Waals surface area contributed by atoms with E-state index in [1.165, 1.54) is 16.3 Å². The van der Waals surface area contributed by atoms with Gasteiger partial charge >= 0.3 is 0 Å². The topological polar surface area (TPSA) is 76.9 Å². The summed E-state index contributed by atoms with van der Waals surface area (Å²) in [6.45, 7) is 6.42. The van der Waals surface area contributed by atoms with E-state index in [9.17, 15) is 9.59 Å². The monoisotopic (exact) mass is 304 g/mol. The molecular weight excluding hydrogens is 288 g/mol. The highest BCUT2D eigenvalue weighted by atomic mass is 32.2. The lowest BCUT2D eigenvalue weighted by Crippen LogP contribution is -2.26. The standard InChI is InChI=1S/C14H16N4O2S/c1-3-8-18-13(20)10-6-5-7-16-12(10)17-14(18)21-9-11(19)15-4-2/h3,5-7H,1,4,8-9H2,2H3,(H,15,19). The summed E-state index contributed by atoms with van der Waals surface area (Å²) in [4.78, 5) is 32.5. The second-order valence-electron chi connectivity index (χ2n) is 4.22. The molecule has 2 rings (SSSR count). The number of fused-ring (bicyclic) bond motifs is 1. The smallest absolute Gasteiger partial charge is 0.263 e. The van der Waals surface area contributed by atoms with E-state index in [0.29, 0.717) is 29.3 Å². The molecule has 0 saturated heterocycles. The van der Waals surface area contributed by atoms with Crippen LogP contribution in [0.15, 0.2) is 40.9 Å². The Morgan fingerprint density at radius 3 is 3.10 bits per heavy atom. The number of pyridine rings is 1. The molecule has 0 fully saturated rings. The fraction of sp³-hybridized carbons (Fsp3) is 0.286. The molecule has 0 aliphatic carbocycles. The first-order valence-electron chi connectivity index (χ1n) is 6.53. The molecule has 110 valence electrons. The van der Waals surface area contributed by atoms with E-state index in [1.807, 2.05) is 6.92 Å². The molecule has 0 aromatic carbocycles. The molecule has 1 amide bonds. The van der Waals surface area contributed by atoms with Crippen molar-refractivity contribution in [2.45, 2.75) is 18.6 Å². The van der Waals surface area contributed by atoms with Crippen molar-refractivity contribution in [2.75, 3.05) is 12.3 Å². The van der Waals surface area contributed by atoms with Gasteiger partial charge in [0.05, 0.1) is 11.1 Å². The zero-order chi connectivity index (χ0) is 15.2. The van der Waals surface area contributed by atoms with Crippen molar-refractivity contribution in [3.05, 3.63) is 41.3 Å². The normalized spacial score (nSPS) is 10.5. The Bertz CT molecular complexity index is 726. The number of aromatic nitrogens is 3. The van der Waals surface area contributed by atoms with Crippen molar-refractivity contribution in [1.29, 1.82) is 0 Å². The van der Waals surface area contributed by atoms with E-state index in [-0.39, 0.29) is 17.2 Å². The maximum atomic E-state index is 12.4. The first-order valence-corrected chi connectivity index (χ1v) is 7.52. The van der Waals surface area contributed by atoms with Gasteiger partial charge in [-0.2, -0.15) is 0 Å². The lowest BCUT2D eigenvalue weighted by molar-refractivity contribution is -0.118. The molecular formula is C14H16N4O2S. The van der Waals surface area contributed by atoms with Crippen molar-refractivity contribution < 1.29 is 4.79 Å². The molecule has 0 radical (unpaired) electrons. The molecule has 0 spiro atoms. The average Bonchev–Trinajstić information content (AvgIpc) is 2.49. The van der Waals surface area contributed by atoms with E-state index < -0.39 is 0 Å². The molecule has 21 heavy (non-hydrogen) atoms. The second kappa shape index (κ2) is 7.03. The molecule has 2 aromatic rings. The first-order chi connectivity index (χ1) is 10.2. The highest BCUT2D eigenvalue weighted by Gasteiger charge is 2.12. The molecule has 2 heterocycles. The molecule has 0 bridgehead atoms. The maximum absolute atomic E-state index is 12.4. The van der Waals surface area contributed by atoms with Gasteiger partial charge in [0, 0.05) is 19.3 Å². The summed E-state index contributed by atoms with van der Waals surface area (Å²) in [5.41, 5.74) is 0.215. The third kappa shape index (κ3) is 3.49. The Labute approximate surface area is 126 Å². The third-order valence-electron chi connectivity index (χ3n) is 2.71. The van der Waals surface area contributed by atoms with Crippen molar-refractivity contribution in [1.82, 2.24) is 19.9 Å². The van der Waals surface area contributed by atoms with Gasteiger partial charge in [-0.15, -0.1) is 6.58 Å². The number of hydrogen-bond donors (Lipinski definition) is 1. The number of carbonyl (C=O) groups is 1. The largest absolute Gasteiger partial charge is 0.356 e. The summed E-state index contributed by atoms with van der Waals surface area (Å²) >= 11 is 1.22. The lowest BCUT2D eigenvalue weighted by Gasteiger charge is -2.10. The number of amides is 1. The summed E-state index contributed by atoms with van der Waals surface area (Å²) < 4.78 is 1.50. The van der Waals surface area contributed by atoms with Gasteiger partial charge in [-0.05, 0) is 19.1 Å². The highest BCUT2D eigenvalue weighted by Crippen LogP contribution is 2.16.